The number of para-hydroxylation sites is 1. The van der Waals surface area contributed by atoms with Crippen molar-refractivity contribution in [3.05, 3.63) is 117 Å². The largest absolute Gasteiger partial charge is 0.490 e. The summed E-state index contributed by atoms with van der Waals surface area (Å²) in [5.74, 6) is -1.41. The maximum absolute atomic E-state index is 13.7. The number of nitro benzene ring substituents is 1. The summed E-state index contributed by atoms with van der Waals surface area (Å²) in [6, 6.07) is 25.1. The standard InChI is InChI=1S/C31H28N2O6/c1-20-28(31(35)39-17-16-38-25-10-6-3-7-11-25)29(22-12-14-24(15-13-22)33(36)37)30-26(32-20)18-23(19-27(30)34)21-8-4-2-5-9-21/h2-15,23,28-29H,16-19H2,1H3/t23-,28?,29+/m0/s1. The molecular formula is C31H28N2O6. The van der Waals surface area contributed by atoms with Crippen molar-refractivity contribution in [1.29, 1.82) is 0 Å². The highest BCUT2D eigenvalue weighted by atomic mass is 16.6. The Morgan fingerprint density at radius 1 is 0.923 bits per heavy atom. The van der Waals surface area contributed by atoms with E-state index < -0.39 is 22.7 Å². The van der Waals surface area contributed by atoms with Gasteiger partial charge in [-0.25, -0.2) is 0 Å². The van der Waals surface area contributed by atoms with Crippen molar-refractivity contribution >= 4 is 23.2 Å². The molecule has 1 unspecified atom stereocenters. The van der Waals surface area contributed by atoms with Crippen molar-refractivity contribution < 1.29 is 24.0 Å². The molecule has 5 rings (SSSR count). The van der Waals surface area contributed by atoms with Gasteiger partial charge in [-0.2, -0.15) is 0 Å². The molecule has 8 nitrogen and oxygen atoms in total. The highest BCUT2D eigenvalue weighted by molar-refractivity contribution is 6.09. The number of nitrogens with zero attached hydrogens (tertiary/aromatic N) is 2. The minimum atomic E-state index is -0.834. The minimum absolute atomic E-state index is 0.00912. The highest BCUT2D eigenvalue weighted by Crippen LogP contribution is 2.47. The fraction of sp³-hybridized carbons (Fsp3) is 0.258. The summed E-state index contributed by atoms with van der Waals surface area (Å²) in [5.41, 5.74) is 3.34. The van der Waals surface area contributed by atoms with E-state index in [0.29, 0.717) is 41.1 Å². The van der Waals surface area contributed by atoms with Crippen LogP contribution in [-0.2, 0) is 14.3 Å². The average Bonchev–Trinajstić information content (AvgIpc) is 2.95. The van der Waals surface area contributed by atoms with Gasteiger partial charge in [-0.3, -0.25) is 24.7 Å². The Labute approximate surface area is 226 Å². The van der Waals surface area contributed by atoms with Gasteiger partial charge in [-0.05, 0) is 42.5 Å². The Morgan fingerprint density at radius 2 is 1.59 bits per heavy atom. The Bertz CT molecular complexity index is 1430. The molecule has 0 aromatic heterocycles. The summed E-state index contributed by atoms with van der Waals surface area (Å²) in [7, 11) is 0. The molecule has 0 bridgehead atoms. The zero-order chi connectivity index (χ0) is 27.4. The lowest BCUT2D eigenvalue weighted by atomic mass is 9.69. The van der Waals surface area contributed by atoms with Crippen LogP contribution in [0.1, 0.15) is 42.7 Å². The summed E-state index contributed by atoms with van der Waals surface area (Å²) < 4.78 is 11.2. The molecule has 3 aromatic carbocycles. The van der Waals surface area contributed by atoms with Gasteiger partial charge in [-0.1, -0.05) is 60.7 Å². The third-order valence-electron chi connectivity index (χ3n) is 7.22. The number of hydrogen-bond donors (Lipinski definition) is 0. The highest BCUT2D eigenvalue weighted by Gasteiger charge is 2.44. The molecule has 0 radical (unpaired) electrons. The maximum atomic E-state index is 13.7. The van der Waals surface area contributed by atoms with Gasteiger partial charge in [-0.15, -0.1) is 0 Å². The first kappa shape index (κ1) is 26.0. The molecule has 2 aliphatic rings. The van der Waals surface area contributed by atoms with Gasteiger partial charge in [0.15, 0.2) is 5.78 Å². The quantitative estimate of drug-likeness (QED) is 0.160. The number of aliphatic imine (C=N–C) groups is 1. The van der Waals surface area contributed by atoms with Crippen molar-refractivity contribution in [2.45, 2.75) is 31.6 Å². The van der Waals surface area contributed by atoms with Gasteiger partial charge in [0.1, 0.15) is 24.9 Å². The topological polar surface area (TPSA) is 108 Å². The van der Waals surface area contributed by atoms with Gasteiger partial charge < -0.3 is 9.47 Å². The van der Waals surface area contributed by atoms with Crippen molar-refractivity contribution in [1.82, 2.24) is 0 Å². The Hall–Kier alpha value is -4.59. The molecule has 1 heterocycles. The molecule has 0 saturated carbocycles. The number of benzene rings is 3. The molecule has 0 spiro atoms. The van der Waals surface area contributed by atoms with E-state index >= 15 is 0 Å². The van der Waals surface area contributed by atoms with Crippen molar-refractivity contribution in [2.75, 3.05) is 13.2 Å². The lowest BCUT2D eigenvalue weighted by molar-refractivity contribution is -0.384. The average molecular weight is 525 g/mol. The van der Waals surface area contributed by atoms with Crippen LogP contribution in [0.3, 0.4) is 0 Å². The molecule has 0 N–H and O–H groups in total. The van der Waals surface area contributed by atoms with Gasteiger partial charge >= 0.3 is 5.97 Å². The van der Waals surface area contributed by atoms with Crippen molar-refractivity contribution in [3.63, 3.8) is 0 Å². The van der Waals surface area contributed by atoms with Crippen LogP contribution in [0.2, 0.25) is 0 Å². The van der Waals surface area contributed by atoms with Crippen LogP contribution in [-0.4, -0.2) is 35.6 Å². The molecule has 3 aromatic rings. The van der Waals surface area contributed by atoms with E-state index in [1.807, 2.05) is 60.7 Å². The van der Waals surface area contributed by atoms with Gasteiger partial charge in [0.05, 0.1) is 4.92 Å². The molecule has 3 atom stereocenters. The van der Waals surface area contributed by atoms with Crippen LogP contribution in [0.5, 0.6) is 5.75 Å². The number of non-ortho nitro benzene ring substituents is 1. The molecule has 1 aliphatic carbocycles. The summed E-state index contributed by atoms with van der Waals surface area (Å²) in [4.78, 5) is 42.6. The second-order valence-electron chi connectivity index (χ2n) is 9.69. The molecule has 0 amide bonds. The first-order chi connectivity index (χ1) is 18.9. The number of hydrogen-bond acceptors (Lipinski definition) is 7. The van der Waals surface area contributed by atoms with Crippen LogP contribution in [0, 0.1) is 16.0 Å². The van der Waals surface area contributed by atoms with E-state index in [9.17, 15) is 19.7 Å². The van der Waals surface area contributed by atoms with Gasteiger partial charge in [0, 0.05) is 41.5 Å². The van der Waals surface area contributed by atoms with Gasteiger partial charge in [0.25, 0.3) is 5.69 Å². The third-order valence-corrected chi connectivity index (χ3v) is 7.22. The van der Waals surface area contributed by atoms with E-state index in [0.717, 1.165) is 5.56 Å². The number of carbonyl (C=O) groups excluding carboxylic acids is 2. The molecule has 0 fully saturated rings. The smallest absolute Gasteiger partial charge is 0.315 e. The zero-order valence-corrected chi connectivity index (χ0v) is 21.5. The minimum Gasteiger partial charge on any atom is -0.490 e. The number of allylic oxidation sites excluding steroid dienone is 2. The molecule has 1 aliphatic heterocycles. The number of rotatable bonds is 8. The predicted molar refractivity (Wildman–Crippen MR) is 146 cm³/mol. The summed E-state index contributed by atoms with van der Waals surface area (Å²) in [6.07, 6.45) is 0.867. The van der Waals surface area contributed by atoms with E-state index in [1.54, 1.807) is 19.1 Å². The number of esters is 1. The van der Waals surface area contributed by atoms with E-state index in [2.05, 4.69) is 0 Å². The number of nitro groups is 1. The van der Waals surface area contributed by atoms with Crippen molar-refractivity contribution in [2.24, 2.45) is 10.9 Å². The summed E-state index contributed by atoms with van der Waals surface area (Å²) in [5, 5.41) is 11.3. The van der Waals surface area contributed by atoms with Gasteiger partial charge in [0.2, 0.25) is 0 Å². The summed E-state index contributed by atoms with van der Waals surface area (Å²) in [6.45, 7) is 1.97. The van der Waals surface area contributed by atoms with Crippen LogP contribution < -0.4 is 4.74 Å². The fourth-order valence-corrected chi connectivity index (χ4v) is 5.40. The van der Waals surface area contributed by atoms with E-state index in [4.69, 9.17) is 14.5 Å². The number of carbonyl (C=O) groups is 2. The van der Waals surface area contributed by atoms with Crippen LogP contribution in [0.25, 0.3) is 0 Å². The fourth-order valence-electron chi connectivity index (χ4n) is 5.40. The lowest BCUT2D eigenvalue weighted by Crippen LogP contribution is -2.38. The number of Topliss-reactive ketones (excluding diaryl/α,β-unsaturated/α-hetero) is 1. The number of ether oxygens (including phenoxy) is 2. The second-order valence-corrected chi connectivity index (χ2v) is 9.69. The van der Waals surface area contributed by atoms with Crippen LogP contribution in [0.4, 0.5) is 5.69 Å². The molecule has 8 heteroatoms. The Balaban J connectivity index is 1.43. The van der Waals surface area contributed by atoms with Crippen molar-refractivity contribution in [3.8, 4) is 5.75 Å². The maximum Gasteiger partial charge on any atom is 0.315 e. The predicted octanol–water partition coefficient (Wildman–Crippen LogP) is 5.79. The zero-order valence-electron chi connectivity index (χ0n) is 21.5. The molecular weight excluding hydrogens is 496 g/mol. The number of ketones is 1. The molecule has 39 heavy (non-hydrogen) atoms. The first-order valence-corrected chi connectivity index (χ1v) is 12.9. The third kappa shape index (κ3) is 5.65. The Kier molecular flexibility index (Phi) is 7.63. The molecule has 198 valence electrons. The van der Waals surface area contributed by atoms with Crippen LogP contribution in [0.15, 0.2) is 101 Å². The second kappa shape index (κ2) is 11.4. The first-order valence-electron chi connectivity index (χ1n) is 12.9. The lowest BCUT2D eigenvalue weighted by Gasteiger charge is -2.36. The SMILES string of the molecule is CC1=NC2=C(C(=O)C[C@@H](c3ccccc3)C2)[C@H](c2ccc([N+](=O)[O-])cc2)C1C(=O)OCCOc1ccccc1. The monoisotopic (exact) mass is 524 g/mol. The summed E-state index contributed by atoms with van der Waals surface area (Å²) >= 11 is 0. The Morgan fingerprint density at radius 3 is 2.26 bits per heavy atom. The molecule has 0 saturated heterocycles. The van der Waals surface area contributed by atoms with E-state index in [1.165, 1.54) is 12.1 Å². The normalized spacial score (nSPS) is 20.6. The van der Waals surface area contributed by atoms with E-state index in [-0.39, 0.29) is 30.6 Å². The van der Waals surface area contributed by atoms with Crippen LogP contribution >= 0.6 is 0 Å².